The molecule has 3 atom stereocenters. The van der Waals surface area contributed by atoms with Gasteiger partial charge in [-0.15, -0.1) is 0 Å². The van der Waals surface area contributed by atoms with Crippen molar-refractivity contribution in [2.45, 2.75) is 39.0 Å². The molecule has 13 heavy (non-hydrogen) atoms. The molecule has 0 spiro atoms. The van der Waals surface area contributed by atoms with Crippen molar-refractivity contribution in [3.8, 4) is 0 Å². The molecule has 72 valence electrons. The zero-order chi connectivity index (χ0) is 9.42. The van der Waals surface area contributed by atoms with Gasteiger partial charge in [-0.25, -0.2) is 0 Å². The van der Waals surface area contributed by atoms with Crippen molar-refractivity contribution in [1.82, 2.24) is 0 Å². The van der Waals surface area contributed by atoms with Gasteiger partial charge in [-0.05, 0) is 38.0 Å². The van der Waals surface area contributed by atoms with E-state index in [4.69, 9.17) is 0 Å². The second-order valence-corrected chi connectivity index (χ2v) is 4.88. The third-order valence-electron chi connectivity index (χ3n) is 3.63. The van der Waals surface area contributed by atoms with E-state index in [2.05, 4.69) is 6.58 Å². The highest BCUT2D eigenvalue weighted by Crippen LogP contribution is 2.49. The Balaban J connectivity index is 1.95. The third kappa shape index (κ3) is 1.70. The molecule has 3 unspecified atom stereocenters. The van der Waals surface area contributed by atoms with Crippen LogP contribution < -0.4 is 0 Å². The third-order valence-corrected chi connectivity index (χ3v) is 3.63. The first-order valence-electron chi connectivity index (χ1n) is 5.34. The fourth-order valence-corrected chi connectivity index (χ4v) is 3.07. The zero-order valence-electron chi connectivity index (χ0n) is 8.38. The number of carbonyl (C=O) groups excluding carboxylic acids is 1. The Morgan fingerprint density at radius 1 is 1.38 bits per heavy atom. The summed E-state index contributed by atoms with van der Waals surface area (Å²) >= 11 is 0. The number of Topliss-reactive ketones (excluding diaryl/α,β-unsaturated/α-hetero) is 1. The van der Waals surface area contributed by atoms with E-state index in [0.717, 1.165) is 17.4 Å². The molecule has 0 N–H and O–H groups in total. The molecule has 2 aliphatic rings. The van der Waals surface area contributed by atoms with Gasteiger partial charge in [-0.3, -0.25) is 4.79 Å². The average Bonchev–Trinajstić information content (AvgIpc) is 2.62. The lowest BCUT2D eigenvalue weighted by molar-refractivity contribution is -0.123. The van der Waals surface area contributed by atoms with Gasteiger partial charge in [0.2, 0.25) is 0 Å². The molecule has 0 amide bonds. The Morgan fingerprint density at radius 3 is 2.62 bits per heavy atom. The highest BCUT2D eigenvalue weighted by molar-refractivity contribution is 5.83. The molecule has 0 saturated heterocycles. The van der Waals surface area contributed by atoms with Gasteiger partial charge in [0.05, 0.1) is 0 Å². The maximum atomic E-state index is 11.8. The summed E-state index contributed by atoms with van der Waals surface area (Å²) < 4.78 is 0. The number of fused-ring (bicyclic) bond motifs is 2. The topological polar surface area (TPSA) is 17.1 Å². The highest BCUT2D eigenvalue weighted by atomic mass is 16.1. The number of ketones is 1. The van der Waals surface area contributed by atoms with E-state index in [1.54, 1.807) is 0 Å². The number of rotatable bonds is 3. The van der Waals surface area contributed by atoms with Gasteiger partial charge in [0.1, 0.15) is 5.78 Å². The van der Waals surface area contributed by atoms with E-state index in [-0.39, 0.29) is 0 Å². The second kappa shape index (κ2) is 3.28. The quantitative estimate of drug-likeness (QED) is 0.607. The maximum absolute atomic E-state index is 11.8. The molecular formula is C12H18O. The fourth-order valence-electron chi connectivity index (χ4n) is 3.07. The number of allylic oxidation sites excluding steroid dienone is 1. The van der Waals surface area contributed by atoms with Crippen molar-refractivity contribution in [3.63, 3.8) is 0 Å². The predicted octanol–water partition coefficient (Wildman–Crippen LogP) is 2.96. The molecule has 1 heteroatoms. The predicted molar refractivity (Wildman–Crippen MR) is 53.4 cm³/mol. The van der Waals surface area contributed by atoms with Crippen LogP contribution in [0.4, 0.5) is 0 Å². The minimum Gasteiger partial charge on any atom is -0.299 e. The van der Waals surface area contributed by atoms with Crippen LogP contribution in [0.1, 0.15) is 39.0 Å². The molecule has 0 aliphatic heterocycles. The van der Waals surface area contributed by atoms with Crippen molar-refractivity contribution >= 4 is 5.78 Å². The molecule has 0 aromatic carbocycles. The lowest BCUT2D eigenvalue weighted by atomic mass is 9.84. The van der Waals surface area contributed by atoms with Crippen molar-refractivity contribution < 1.29 is 4.79 Å². The summed E-state index contributed by atoms with van der Waals surface area (Å²) in [5, 5.41) is 0. The molecule has 2 aliphatic carbocycles. The SMILES string of the molecule is C=C(C)CC(=O)C1CC2CCC1C2. The van der Waals surface area contributed by atoms with Gasteiger partial charge in [0.15, 0.2) is 0 Å². The van der Waals surface area contributed by atoms with E-state index in [9.17, 15) is 4.79 Å². The van der Waals surface area contributed by atoms with Gasteiger partial charge in [0, 0.05) is 12.3 Å². The molecule has 2 fully saturated rings. The van der Waals surface area contributed by atoms with Crippen molar-refractivity contribution in [2.24, 2.45) is 17.8 Å². The smallest absolute Gasteiger partial charge is 0.140 e. The molecule has 1 nitrogen and oxygen atoms in total. The Bertz CT molecular complexity index is 242. The van der Waals surface area contributed by atoms with Crippen LogP contribution in [0, 0.1) is 17.8 Å². The first-order valence-corrected chi connectivity index (χ1v) is 5.34. The summed E-state index contributed by atoms with van der Waals surface area (Å²) in [5.41, 5.74) is 1.02. The van der Waals surface area contributed by atoms with Gasteiger partial charge in [-0.2, -0.15) is 0 Å². The monoisotopic (exact) mass is 178 g/mol. The standard InChI is InChI=1S/C12H18O/c1-8(2)5-12(13)11-7-9-3-4-10(11)6-9/h9-11H,1,3-7H2,2H3. The lowest BCUT2D eigenvalue weighted by Gasteiger charge is -2.20. The van der Waals surface area contributed by atoms with E-state index in [0.29, 0.717) is 18.1 Å². The molecule has 2 saturated carbocycles. The summed E-state index contributed by atoms with van der Waals surface area (Å²) in [6.45, 7) is 5.76. The first kappa shape index (κ1) is 8.98. The summed E-state index contributed by atoms with van der Waals surface area (Å²) in [6.07, 6.45) is 5.80. The summed E-state index contributed by atoms with van der Waals surface area (Å²) in [4.78, 5) is 11.8. The Kier molecular flexibility index (Phi) is 2.27. The second-order valence-electron chi connectivity index (χ2n) is 4.88. The summed E-state index contributed by atoms with van der Waals surface area (Å²) in [5.74, 6) is 2.47. The van der Waals surface area contributed by atoms with Crippen LogP contribution >= 0.6 is 0 Å². The first-order chi connectivity index (χ1) is 6.16. The van der Waals surface area contributed by atoms with Crippen LogP contribution in [-0.4, -0.2) is 5.78 Å². The number of carbonyl (C=O) groups is 1. The summed E-state index contributed by atoms with van der Waals surface area (Å²) in [6, 6.07) is 0. The van der Waals surface area contributed by atoms with E-state index in [1.165, 1.54) is 25.7 Å². The Morgan fingerprint density at radius 2 is 2.15 bits per heavy atom. The molecule has 0 heterocycles. The Labute approximate surface area is 80.2 Å². The van der Waals surface area contributed by atoms with Crippen LogP contribution in [0.3, 0.4) is 0 Å². The zero-order valence-corrected chi connectivity index (χ0v) is 8.38. The molecule has 0 radical (unpaired) electrons. The average molecular weight is 178 g/mol. The van der Waals surface area contributed by atoms with E-state index in [1.807, 2.05) is 6.92 Å². The molecule has 2 bridgehead atoms. The van der Waals surface area contributed by atoms with Gasteiger partial charge >= 0.3 is 0 Å². The molecule has 0 aromatic heterocycles. The van der Waals surface area contributed by atoms with Gasteiger partial charge < -0.3 is 0 Å². The van der Waals surface area contributed by atoms with Gasteiger partial charge in [0.25, 0.3) is 0 Å². The summed E-state index contributed by atoms with van der Waals surface area (Å²) in [7, 11) is 0. The maximum Gasteiger partial charge on any atom is 0.140 e. The van der Waals surface area contributed by atoms with Crippen LogP contribution in [-0.2, 0) is 4.79 Å². The molecule has 0 aromatic rings. The van der Waals surface area contributed by atoms with Crippen molar-refractivity contribution in [3.05, 3.63) is 12.2 Å². The van der Waals surface area contributed by atoms with Crippen molar-refractivity contribution in [2.75, 3.05) is 0 Å². The van der Waals surface area contributed by atoms with Crippen molar-refractivity contribution in [1.29, 1.82) is 0 Å². The van der Waals surface area contributed by atoms with E-state index >= 15 is 0 Å². The Hall–Kier alpha value is -0.590. The molecule has 2 rings (SSSR count). The number of hydrogen-bond acceptors (Lipinski definition) is 1. The highest BCUT2D eigenvalue weighted by Gasteiger charge is 2.42. The van der Waals surface area contributed by atoms with E-state index < -0.39 is 0 Å². The normalized spacial score (nSPS) is 36.5. The largest absolute Gasteiger partial charge is 0.299 e. The van der Waals surface area contributed by atoms with Crippen LogP contribution in [0.25, 0.3) is 0 Å². The minimum absolute atomic E-state index is 0.399. The van der Waals surface area contributed by atoms with Gasteiger partial charge in [-0.1, -0.05) is 18.6 Å². The number of hydrogen-bond donors (Lipinski definition) is 0. The van der Waals surface area contributed by atoms with Crippen LogP contribution in [0.15, 0.2) is 12.2 Å². The van der Waals surface area contributed by atoms with Crippen LogP contribution in [0.2, 0.25) is 0 Å². The minimum atomic E-state index is 0.399. The van der Waals surface area contributed by atoms with Crippen LogP contribution in [0.5, 0.6) is 0 Å². The molecular weight excluding hydrogens is 160 g/mol. The fraction of sp³-hybridized carbons (Fsp3) is 0.750. The lowest BCUT2D eigenvalue weighted by Crippen LogP contribution is -2.20.